The van der Waals surface area contributed by atoms with Crippen molar-refractivity contribution in [3.8, 4) is 5.88 Å². The van der Waals surface area contributed by atoms with Crippen LogP contribution < -0.4 is 10.2 Å². The molecule has 4 rings (SSSR count). The van der Waals surface area contributed by atoms with Crippen LogP contribution in [0.3, 0.4) is 0 Å². The van der Waals surface area contributed by atoms with Gasteiger partial charge in [-0.05, 0) is 24.5 Å². The Morgan fingerprint density at radius 3 is 2.48 bits per heavy atom. The van der Waals surface area contributed by atoms with Crippen LogP contribution in [0.1, 0.15) is 60.8 Å². The second kappa shape index (κ2) is 9.68. The van der Waals surface area contributed by atoms with Gasteiger partial charge < -0.3 is 4.74 Å². The van der Waals surface area contributed by atoms with Crippen LogP contribution >= 0.6 is 12.4 Å². The maximum absolute atomic E-state index is 13.3. The Balaban J connectivity index is 0.00000306. The lowest BCUT2D eigenvalue weighted by molar-refractivity contribution is -0.154. The molecule has 1 aliphatic heterocycles. The number of benzene rings is 1. The summed E-state index contributed by atoms with van der Waals surface area (Å²) < 4.78 is 82.6. The van der Waals surface area contributed by atoms with Gasteiger partial charge in [-0.15, -0.1) is 12.4 Å². The first-order valence-electron chi connectivity index (χ1n) is 10.3. The molecule has 2 aliphatic rings. The highest BCUT2D eigenvalue weighted by molar-refractivity contribution is 5.85. The van der Waals surface area contributed by atoms with Crippen LogP contribution in [-0.2, 0) is 11.0 Å². The number of rotatable bonds is 4. The maximum atomic E-state index is 13.3. The van der Waals surface area contributed by atoms with Crippen LogP contribution in [0.2, 0.25) is 0 Å². The minimum Gasteiger partial charge on any atom is -0.468 e. The van der Waals surface area contributed by atoms with Gasteiger partial charge >= 0.3 is 12.4 Å². The van der Waals surface area contributed by atoms with Crippen molar-refractivity contribution in [1.29, 1.82) is 0 Å². The van der Waals surface area contributed by atoms with Gasteiger partial charge in [-0.3, -0.25) is 4.84 Å². The molecule has 4 nitrogen and oxygen atoms in total. The number of aromatic nitrogens is 1. The van der Waals surface area contributed by atoms with Crippen molar-refractivity contribution in [3.63, 3.8) is 0 Å². The molecule has 3 atom stereocenters. The van der Waals surface area contributed by atoms with Crippen molar-refractivity contribution >= 4 is 12.4 Å². The van der Waals surface area contributed by atoms with Crippen LogP contribution in [0.4, 0.5) is 26.3 Å². The Kier molecular flexibility index (Phi) is 7.50. The van der Waals surface area contributed by atoms with Crippen LogP contribution in [0.25, 0.3) is 0 Å². The second-order valence-corrected chi connectivity index (χ2v) is 8.27. The highest BCUT2D eigenvalue weighted by Crippen LogP contribution is 2.51. The molecule has 11 heteroatoms. The van der Waals surface area contributed by atoms with Gasteiger partial charge in [0.25, 0.3) is 0 Å². The Labute approximate surface area is 193 Å². The first kappa shape index (κ1) is 25.6. The fraction of sp³-hybridized carbons (Fsp3) is 0.500. The molecule has 1 saturated carbocycles. The summed E-state index contributed by atoms with van der Waals surface area (Å²) in [5, 5.41) is 0. The second-order valence-electron chi connectivity index (χ2n) is 8.27. The number of nitrogens with one attached hydrogen (secondary N) is 1. The Morgan fingerprint density at radius 1 is 1.09 bits per heavy atom. The monoisotopic (exact) mass is 496 g/mol. The van der Waals surface area contributed by atoms with E-state index in [0.717, 1.165) is 30.9 Å². The minimum absolute atomic E-state index is 0. The van der Waals surface area contributed by atoms with Crippen molar-refractivity contribution in [3.05, 3.63) is 59.3 Å². The molecule has 1 saturated heterocycles. The molecular weight excluding hydrogens is 474 g/mol. The summed E-state index contributed by atoms with van der Waals surface area (Å²) in [7, 11) is 0. The number of alkyl halides is 6. The quantitative estimate of drug-likeness (QED) is 0.489. The van der Waals surface area contributed by atoms with Crippen molar-refractivity contribution in [2.24, 2.45) is 0 Å². The number of hydrogen-bond donors (Lipinski definition) is 1. The number of halogens is 7. The average molecular weight is 497 g/mol. The van der Waals surface area contributed by atoms with E-state index in [0.29, 0.717) is 12.6 Å². The third kappa shape index (κ3) is 5.73. The first-order chi connectivity index (χ1) is 15.1. The third-order valence-electron chi connectivity index (χ3n) is 6.09. The van der Waals surface area contributed by atoms with Gasteiger partial charge in [-0.2, -0.15) is 31.8 Å². The molecule has 2 heterocycles. The van der Waals surface area contributed by atoms with Crippen LogP contribution in [0.15, 0.2) is 42.6 Å². The normalized spacial score (nSPS) is 25.6. The zero-order valence-electron chi connectivity index (χ0n) is 17.4. The van der Waals surface area contributed by atoms with Gasteiger partial charge in [0.2, 0.25) is 5.88 Å². The van der Waals surface area contributed by atoms with Gasteiger partial charge in [-0.25, -0.2) is 4.98 Å². The maximum Gasteiger partial charge on any atom is 0.422 e. The Morgan fingerprint density at radius 2 is 1.82 bits per heavy atom. The molecule has 2 aromatic rings. The van der Waals surface area contributed by atoms with Crippen molar-refractivity contribution in [1.82, 2.24) is 10.5 Å². The topological polar surface area (TPSA) is 43.4 Å². The minimum atomic E-state index is -4.70. The van der Waals surface area contributed by atoms with E-state index in [1.165, 1.54) is 0 Å². The van der Waals surface area contributed by atoms with Crippen molar-refractivity contribution in [2.45, 2.75) is 62.0 Å². The van der Waals surface area contributed by atoms with Crippen molar-refractivity contribution < 1.29 is 35.9 Å². The fourth-order valence-corrected chi connectivity index (χ4v) is 4.67. The molecule has 1 aromatic carbocycles. The molecule has 2 fully saturated rings. The van der Waals surface area contributed by atoms with E-state index in [1.807, 2.05) is 30.3 Å². The van der Waals surface area contributed by atoms with Crippen LogP contribution in [0, 0.1) is 0 Å². The van der Waals surface area contributed by atoms with E-state index < -0.39 is 42.0 Å². The molecule has 1 spiro atoms. The molecule has 1 N–H and O–H groups in total. The van der Waals surface area contributed by atoms with E-state index in [-0.39, 0.29) is 30.3 Å². The van der Waals surface area contributed by atoms with E-state index in [9.17, 15) is 26.3 Å². The van der Waals surface area contributed by atoms with Gasteiger partial charge in [0.05, 0.1) is 17.2 Å². The summed E-state index contributed by atoms with van der Waals surface area (Å²) >= 11 is 0. The Bertz CT molecular complexity index is 941. The lowest BCUT2D eigenvalue weighted by Crippen LogP contribution is -2.39. The lowest BCUT2D eigenvalue weighted by Gasteiger charge is -2.40. The summed E-state index contributed by atoms with van der Waals surface area (Å²) in [5.74, 6) is -0.478. The zero-order chi connectivity index (χ0) is 23.0. The van der Waals surface area contributed by atoms with Gasteiger partial charge in [0.1, 0.15) is 0 Å². The third-order valence-corrected chi connectivity index (χ3v) is 6.09. The van der Waals surface area contributed by atoms with E-state index >= 15 is 0 Å². The van der Waals surface area contributed by atoms with Crippen LogP contribution in [-0.4, -0.2) is 23.4 Å². The van der Waals surface area contributed by atoms with E-state index in [4.69, 9.17) is 9.57 Å². The standard InChI is InChI=1S/C22H22F6N2O2.ClH/c23-21(24,25)13-31-19-16(10-15(12-29-19)22(26,27)28)18-11-20(32-30-18)9-5-4-8-17(20)14-6-2-1-3-7-14;/h1-3,6-7,10,12,17-18,30H,4-5,8-9,11,13H2;1H/t17-,18+,20+;/m0./s1. The van der Waals surface area contributed by atoms with Crippen LogP contribution in [0.5, 0.6) is 5.88 Å². The number of hydroxylamine groups is 1. The molecule has 0 unspecified atom stereocenters. The number of ether oxygens (including phenoxy) is 1. The molecule has 0 radical (unpaired) electrons. The molecule has 0 bridgehead atoms. The predicted octanol–water partition coefficient (Wildman–Crippen LogP) is 6.53. The van der Waals surface area contributed by atoms with Gasteiger partial charge in [0, 0.05) is 24.1 Å². The summed E-state index contributed by atoms with van der Waals surface area (Å²) in [4.78, 5) is 9.57. The zero-order valence-corrected chi connectivity index (χ0v) is 18.2. The molecule has 182 valence electrons. The number of nitrogens with zero attached hydrogens (tertiary/aromatic N) is 1. The summed E-state index contributed by atoms with van der Waals surface area (Å²) in [6.07, 6.45) is -5.18. The molecule has 33 heavy (non-hydrogen) atoms. The number of pyridine rings is 1. The van der Waals surface area contributed by atoms with Gasteiger partial charge in [0.15, 0.2) is 6.61 Å². The largest absolute Gasteiger partial charge is 0.468 e. The fourth-order valence-electron chi connectivity index (χ4n) is 4.67. The highest BCUT2D eigenvalue weighted by atomic mass is 35.5. The van der Waals surface area contributed by atoms with Crippen molar-refractivity contribution in [2.75, 3.05) is 6.61 Å². The highest BCUT2D eigenvalue weighted by Gasteiger charge is 2.50. The average Bonchev–Trinajstić information content (AvgIpc) is 3.16. The lowest BCUT2D eigenvalue weighted by atomic mass is 9.69. The first-order valence-corrected chi connectivity index (χ1v) is 10.3. The van der Waals surface area contributed by atoms with Gasteiger partial charge in [-0.1, -0.05) is 43.2 Å². The molecule has 1 aromatic heterocycles. The van der Waals surface area contributed by atoms with E-state index in [1.54, 1.807) is 0 Å². The Hall–Kier alpha value is -2.04. The summed E-state index contributed by atoms with van der Waals surface area (Å²) in [6.45, 7) is -1.65. The smallest absolute Gasteiger partial charge is 0.422 e. The molecule has 1 aliphatic carbocycles. The summed E-state index contributed by atoms with van der Waals surface area (Å²) in [5.41, 5.74) is 2.00. The SMILES string of the molecule is Cl.FC(F)(F)COc1ncc(C(F)(F)F)cc1[C@H]1C[C@@]2(CCCC[C@H]2c2ccccc2)ON1. The number of hydrogen-bond acceptors (Lipinski definition) is 4. The predicted molar refractivity (Wildman–Crippen MR) is 110 cm³/mol. The molecular formula is C22H23ClF6N2O2. The molecule has 0 amide bonds. The summed E-state index contributed by atoms with van der Waals surface area (Å²) in [6, 6.07) is 9.69. The van der Waals surface area contributed by atoms with E-state index in [2.05, 4.69) is 10.5 Å².